The van der Waals surface area contributed by atoms with Crippen LogP contribution in [0.25, 0.3) is 0 Å². The lowest BCUT2D eigenvalue weighted by molar-refractivity contribution is -0.164. The Balaban J connectivity index is 0.812. The molecule has 2 N–H and O–H groups in total. The summed E-state index contributed by atoms with van der Waals surface area (Å²) in [5, 5.41) is 15.1. The van der Waals surface area contributed by atoms with Crippen molar-refractivity contribution in [3.8, 4) is 17.6 Å². The minimum absolute atomic E-state index is 0.145. The van der Waals surface area contributed by atoms with Gasteiger partial charge in [-0.1, -0.05) is 45.4 Å². The quantitative estimate of drug-likeness (QED) is 0.171. The van der Waals surface area contributed by atoms with Crippen LogP contribution < -0.4 is 25.0 Å². The van der Waals surface area contributed by atoms with Crippen LogP contribution in [-0.2, 0) is 16.1 Å². The molecular formula is C43H50ClN7O6. The number of carbonyl (C=O) groups is 4. The minimum atomic E-state index is -0.647. The first-order valence-electron chi connectivity index (χ1n) is 19.8. The number of benzene rings is 2. The molecule has 4 heterocycles. The molecular weight excluding hydrogens is 746 g/mol. The van der Waals surface area contributed by atoms with E-state index in [1.54, 1.807) is 35.4 Å². The highest BCUT2D eigenvalue weighted by atomic mass is 35.5. The molecule has 300 valence electrons. The highest BCUT2D eigenvalue weighted by molar-refractivity contribution is 6.31. The summed E-state index contributed by atoms with van der Waals surface area (Å²) >= 11 is 6.24. The van der Waals surface area contributed by atoms with E-state index < -0.39 is 11.9 Å². The normalized spacial score (nSPS) is 22.6. The zero-order chi connectivity index (χ0) is 40.5. The third-order valence-corrected chi connectivity index (χ3v) is 12.4. The summed E-state index contributed by atoms with van der Waals surface area (Å²) < 4.78 is 12.5. The lowest BCUT2D eigenvalue weighted by atomic mass is 9.49. The highest BCUT2D eigenvalue weighted by Crippen LogP contribution is 2.55. The molecule has 0 spiro atoms. The third kappa shape index (κ3) is 8.16. The fraction of sp³-hybridized carbons (Fsp3) is 0.488. The number of hydrogen-bond acceptors (Lipinski definition) is 10. The number of aromatic nitrogens is 1. The number of hydrogen-bond donors (Lipinski definition) is 2. The standard InChI is InChI=1S/C43H50ClN7O6/c1-42(2)40(43(3,4)41(42)57-29-13-11-27(24-45)32(44)23-29)48-37(53)28-12-15-35(46-25-28)50-20-18-49(19-21-50)17-6-5-7-22-56-34-10-8-9-30-31(34)26-51(39(30)55)33-14-16-36(52)47-38(33)54/h8-13,15,23,25,33,40-41H,5-7,14,16-22,26H2,1-4H3,(H,48,53)(H,47,52,54). The van der Waals surface area contributed by atoms with Crippen molar-refractivity contribution in [2.45, 2.75) is 84.5 Å². The molecule has 7 rings (SSSR count). The lowest BCUT2D eigenvalue weighted by Crippen LogP contribution is -2.74. The van der Waals surface area contributed by atoms with Crippen molar-refractivity contribution in [3.05, 3.63) is 82.0 Å². The molecule has 14 heteroatoms. The van der Waals surface area contributed by atoms with Gasteiger partial charge in [-0.3, -0.25) is 29.4 Å². The SMILES string of the molecule is CC1(C)C(NC(=O)c2ccc(N3CCN(CCCCCOc4cccc5c4CN(C4CCC(=O)NC4=O)C5=O)CC3)nc2)C(C)(C)C1Oc1ccc(C#N)c(Cl)c1. The van der Waals surface area contributed by atoms with Gasteiger partial charge >= 0.3 is 0 Å². The second-order valence-electron chi connectivity index (χ2n) is 16.6. The molecule has 1 unspecified atom stereocenters. The van der Waals surface area contributed by atoms with Gasteiger partial charge in [0.15, 0.2) is 0 Å². The summed E-state index contributed by atoms with van der Waals surface area (Å²) in [4.78, 5) is 61.4. The summed E-state index contributed by atoms with van der Waals surface area (Å²) in [6, 6.07) is 15.6. The Labute approximate surface area is 338 Å². The molecule has 1 atom stereocenters. The number of piperazine rings is 1. The fourth-order valence-corrected chi connectivity index (χ4v) is 9.42. The molecule has 1 saturated carbocycles. The molecule has 2 saturated heterocycles. The number of unbranched alkanes of at least 4 members (excludes halogenated alkanes) is 2. The van der Waals surface area contributed by atoms with Crippen molar-refractivity contribution in [3.63, 3.8) is 0 Å². The zero-order valence-corrected chi connectivity index (χ0v) is 33.7. The largest absolute Gasteiger partial charge is 0.493 e. The summed E-state index contributed by atoms with van der Waals surface area (Å²) in [6.45, 7) is 13.7. The topological polar surface area (TPSA) is 157 Å². The number of nitriles is 1. The molecule has 3 fully saturated rings. The van der Waals surface area contributed by atoms with Gasteiger partial charge in [0, 0.05) is 72.9 Å². The monoisotopic (exact) mass is 795 g/mol. The molecule has 3 aromatic rings. The Morgan fingerprint density at radius 3 is 2.47 bits per heavy atom. The molecule has 13 nitrogen and oxygen atoms in total. The Kier molecular flexibility index (Phi) is 11.5. The second-order valence-corrected chi connectivity index (χ2v) is 17.0. The molecule has 3 aliphatic heterocycles. The van der Waals surface area contributed by atoms with E-state index in [2.05, 4.69) is 59.2 Å². The lowest BCUT2D eigenvalue weighted by Gasteiger charge is -2.63. The Hall–Kier alpha value is -5.19. The third-order valence-electron chi connectivity index (χ3n) is 12.1. The van der Waals surface area contributed by atoms with Crippen LogP contribution in [0.4, 0.5) is 5.82 Å². The molecule has 4 amide bonds. The van der Waals surface area contributed by atoms with Gasteiger partial charge in [0.1, 0.15) is 35.5 Å². The molecule has 0 bridgehead atoms. The Bertz CT molecular complexity index is 2060. The number of nitrogens with one attached hydrogen (secondary N) is 2. The summed E-state index contributed by atoms with van der Waals surface area (Å²) in [6.07, 6.45) is 4.96. The van der Waals surface area contributed by atoms with E-state index in [0.717, 1.165) is 63.4 Å². The van der Waals surface area contributed by atoms with Crippen molar-refractivity contribution in [2.24, 2.45) is 10.8 Å². The van der Waals surface area contributed by atoms with Gasteiger partial charge in [-0.05, 0) is 68.6 Å². The van der Waals surface area contributed by atoms with Gasteiger partial charge in [0.2, 0.25) is 11.8 Å². The van der Waals surface area contributed by atoms with Crippen LogP contribution in [0.3, 0.4) is 0 Å². The summed E-state index contributed by atoms with van der Waals surface area (Å²) in [5.74, 6) is 1.03. The average Bonchev–Trinajstić information content (AvgIpc) is 3.53. The number of halogens is 1. The molecule has 1 aliphatic carbocycles. The van der Waals surface area contributed by atoms with E-state index >= 15 is 0 Å². The van der Waals surface area contributed by atoms with Crippen LogP contribution in [0.15, 0.2) is 54.7 Å². The predicted molar refractivity (Wildman–Crippen MR) is 214 cm³/mol. The average molecular weight is 796 g/mol. The van der Waals surface area contributed by atoms with Gasteiger partial charge < -0.3 is 24.6 Å². The van der Waals surface area contributed by atoms with Gasteiger partial charge in [-0.2, -0.15) is 5.26 Å². The summed E-state index contributed by atoms with van der Waals surface area (Å²) in [5.41, 5.74) is 1.53. The zero-order valence-electron chi connectivity index (χ0n) is 33.0. The van der Waals surface area contributed by atoms with E-state index in [-0.39, 0.29) is 47.1 Å². The van der Waals surface area contributed by atoms with E-state index in [9.17, 15) is 24.4 Å². The number of piperidine rings is 1. The number of imide groups is 1. The van der Waals surface area contributed by atoms with E-state index in [4.69, 9.17) is 21.1 Å². The van der Waals surface area contributed by atoms with E-state index in [0.29, 0.717) is 52.8 Å². The van der Waals surface area contributed by atoms with Gasteiger partial charge in [0.05, 0.1) is 29.3 Å². The first kappa shape index (κ1) is 40.0. The number of fused-ring (bicyclic) bond motifs is 1. The van der Waals surface area contributed by atoms with Crippen molar-refractivity contribution in [1.29, 1.82) is 5.26 Å². The second kappa shape index (κ2) is 16.3. The van der Waals surface area contributed by atoms with Crippen LogP contribution in [0, 0.1) is 22.2 Å². The highest BCUT2D eigenvalue weighted by Gasteiger charge is 2.64. The maximum absolute atomic E-state index is 13.4. The van der Waals surface area contributed by atoms with E-state index in [1.165, 1.54) is 0 Å². The van der Waals surface area contributed by atoms with Crippen LogP contribution in [0.5, 0.6) is 11.5 Å². The number of pyridine rings is 1. The van der Waals surface area contributed by atoms with Crippen molar-refractivity contribution < 1.29 is 28.7 Å². The summed E-state index contributed by atoms with van der Waals surface area (Å²) in [7, 11) is 0. The van der Waals surface area contributed by atoms with E-state index in [1.807, 2.05) is 24.3 Å². The fourth-order valence-electron chi connectivity index (χ4n) is 9.21. The predicted octanol–water partition coefficient (Wildman–Crippen LogP) is 5.35. The number of anilines is 1. The number of ether oxygens (including phenoxy) is 2. The maximum Gasteiger partial charge on any atom is 0.255 e. The minimum Gasteiger partial charge on any atom is -0.493 e. The van der Waals surface area contributed by atoms with Gasteiger partial charge in [-0.15, -0.1) is 0 Å². The number of amides is 4. The smallest absolute Gasteiger partial charge is 0.255 e. The Morgan fingerprint density at radius 2 is 1.79 bits per heavy atom. The first-order valence-corrected chi connectivity index (χ1v) is 20.2. The van der Waals surface area contributed by atoms with Crippen LogP contribution in [-0.4, -0.2) is 95.9 Å². The molecule has 1 aromatic heterocycles. The number of carbonyl (C=O) groups excluding carboxylic acids is 4. The number of nitrogens with zero attached hydrogens (tertiary/aromatic N) is 5. The molecule has 57 heavy (non-hydrogen) atoms. The van der Waals surface area contributed by atoms with Crippen LogP contribution >= 0.6 is 11.6 Å². The van der Waals surface area contributed by atoms with Crippen LogP contribution in [0.2, 0.25) is 5.02 Å². The van der Waals surface area contributed by atoms with Gasteiger partial charge in [-0.25, -0.2) is 4.98 Å². The van der Waals surface area contributed by atoms with Crippen molar-refractivity contribution in [2.75, 3.05) is 44.2 Å². The number of rotatable bonds is 13. The van der Waals surface area contributed by atoms with Gasteiger partial charge in [0.25, 0.3) is 11.8 Å². The first-order chi connectivity index (χ1) is 27.3. The van der Waals surface area contributed by atoms with Crippen molar-refractivity contribution >= 4 is 41.0 Å². The van der Waals surface area contributed by atoms with Crippen LogP contribution in [0.1, 0.15) is 91.6 Å². The van der Waals surface area contributed by atoms with Crippen molar-refractivity contribution in [1.82, 2.24) is 25.4 Å². The molecule has 2 aromatic carbocycles. The molecule has 0 radical (unpaired) electrons. The molecule has 4 aliphatic rings. The Morgan fingerprint density at radius 1 is 1.02 bits per heavy atom. The maximum atomic E-state index is 13.4.